The fourth-order valence-corrected chi connectivity index (χ4v) is 1.30. The Morgan fingerprint density at radius 1 is 1.20 bits per heavy atom. The van der Waals surface area contributed by atoms with E-state index in [4.69, 9.17) is 0 Å². The van der Waals surface area contributed by atoms with Gasteiger partial charge in [-0.1, -0.05) is 27.2 Å². The van der Waals surface area contributed by atoms with Crippen molar-refractivity contribution >= 4 is 6.03 Å². The third-order valence-corrected chi connectivity index (χ3v) is 2.20. The highest BCUT2D eigenvalue weighted by Gasteiger charge is 2.17. The van der Waals surface area contributed by atoms with E-state index in [0.29, 0.717) is 6.54 Å². The van der Waals surface area contributed by atoms with Gasteiger partial charge in [-0.2, -0.15) is 0 Å². The van der Waals surface area contributed by atoms with Crippen molar-refractivity contribution in [2.75, 3.05) is 26.7 Å². The van der Waals surface area contributed by atoms with Crippen molar-refractivity contribution in [3.05, 3.63) is 0 Å². The molecule has 0 unspecified atom stereocenters. The standard InChI is InChI=1S/C11H25N3O/c1-5-6-7-13-10(15)14-9-11(2,3)8-12-4/h12H,5-9H2,1-4H3,(H2,13,14,15). The first kappa shape index (κ1) is 14.2. The lowest BCUT2D eigenvalue weighted by Crippen LogP contribution is -2.43. The van der Waals surface area contributed by atoms with Crippen molar-refractivity contribution in [3.8, 4) is 0 Å². The van der Waals surface area contributed by atoms with Crippen molar-refractivity contribution in [2.24, 2.45) is 5.41 Å². The Balaban J connectivity index is 3.60. The molecule has 0 atom stereocenters. The molecular weight excluding hydrogens is 190 g/mol. The van der Waals surface area contributed by atoms with Gasteiger partial charge in [0.2, 0.25) is 0 Å². The van der Waals surface area contributed by atoms with E-state index < -0.39 is 0 Å². The molecule has 15 heavy (non-hydrogen) atoms. The summed E-state index contributed by atoms with van der Waals surface area (Å²) in [5.74, 6) is 0. The van der Waals surface area contributed by atoms with Gasteiger partial charge in [0.25, 0.3) is 0 Å². The van der Waals surface area contributed by atoms with Crippen LogP contribution in [0.2, 0.25) is 0 Å². The van der Waals surface area contributed by atoms with E-state index in [-0.39, 0.29) is 11.4 Å². The van der Waals surface area contributed by atoms with Gasteiger partial charge in [-0.3, -0.25) is 0 Å². The highest BCUT2D eigenvalue weighted by molar-refractivity contribution is 5.73. The normalized spacial score (nSPS) is 11.2. The van der Waals surface area contributed by atoms with Crippen LogP contribution in [-0.4, -0.2) is 32.7 Å². The second kappa shape index (κ2) is 7.51. The monoisotopic (exact) mass is 215 g/mol. The number of hydrogen-bond acceptors (Lipinski definition) is 2. The van der Waals surface area contributed by atoms with Crippen LogP contribution in [-0.2, 0) is 0 Å². The average molecular weight is 215 g/mol. The first-order valence-electron chi connectivity index (χ1n) is 5.68. The largest absolute Gasteiger partial charge is 0.338 e. The zero-order valence-corrected chi connectivity index (χ0v) is 10.4. The Morgan fingerprint density at radius 2 is 1.87 bits per heavy atom. The highest BCUT2D eigenvalue weighted by Crippen LogP contribution is 2.10. The molecule has 0 saturated heterocycles. The van der Waals surface area contributed by atoms with Crippen LogP contribution in [0.4, 0.5) is 4.79 Å². The Kier molecular flexibility index (Phi) is 7.13. The minimum absolute atomic E-state index is 0.0624. The van der Waals surface area contributed by atoms with Gasteiger partial charge in [0, 0.05) is 19.6 Å². The van der Waals surface area contributed by atoms with E-state index in [1.807, 2.05) is 7.05 Å². The van der Waals surface area contributed by atoms with Crippen molar-refractivity contribution in [3.63, 3.8) is 0 Å². The number of rotatable bonds is 7. The summed E-state index contributed by atoms with van der Waals surface area (Å²) in [6, 6.07) is -0.0624. The molecule has 0 aliphatic heterocycles. The fourth-order valence-electron chi connectivity index (χ4n) is 1.30. The third kappa shape index (κ3) is 8.24. The molecule has 0 fully saturated rings. The van der Waals surface area contributed by atoms with Crippen LogP contribution >= 0.6 is 0 Å². The van der Waals surface area contributed by atoms with Crippen LogP contribution in [0.15, 0.2) is 0 Å². The van der Waals surface area contributed by atoms with Crippen molar-refractivity contribution < 1.29 is 4.79 Å². The quantitative estimate of drug-likeness (QED) is 0.561. The Hall–Kier alpha value is -0.770. The molecule has 0 rings (SSSR count). The minimum Gasteiger partial charge on any atom is -0.338 e. The van der Waals surface area contributed by atoms with E-state index in [1.165, 1.54) is 0 Å². The number of unbranched alkanes of at least 4 members (excludes halogenated alkanes) is 1. The van der Waals surface area contributed by atoms with Gasteiger partial charge in [-0.15, -0.1) is 0 Å². The summed E-state index contributed by atoms with van der Waals surface area (Å²) in [6.07, 6.45) is 2.14. The summed E-state index contributed by atoms with van der Waals surface area (Å²) >= 11 is 0. The van der Waals surface area contributed by atoms with E-state index in [9.17, 15) is 4.79 Å². The predicted octanol–water partition coefficient (Wildman–Crippen LogP) is 1.33. The van der Waals surface area contributed by atoms with Gasteiger partial charge in [0.05, 0.1) is 0 Å². The van der Waals surface area contributed by atoms with Crippen molar-refractivity contribution in [1.82, 2.24) is 16.0 Å². The van der Waals surface area contributed by atoms with Crippen LogP contribution in [0.25, 0.3) is 0 Å². The molecule has 0 aliphatic carbocycles. The van der Waals surface area contributed by atoms with Gasteiger partial charge in [0.15, 0.2) is 0 Å². The molecule has 0 saturated carbocycles. The number of amides is 2. The second-order valence-corrected chi connectivity index (χ2v) is 4.66. The Morgan fingerprint density at radius 3 is 2.40 bits per heavy atom. The smallest absolute Gasteiger partial charge is 0.314 e. The van der Waals surface area contributed by atoms with Gasteiger partial charge in [0.1, 0.15) is 0 Å². The van der Waals surface area contributed by atoms with Gasteiger partial charge in [-0.05, 0) is 18.9 Å². The average Bonchev–Trinajstić information content (AvgIpc) is 2.15. The number of urea groups is 1. The highest BCUT2D eigenvalue weighted by atomic mass is 16.2. The maximum atomic E-state index is 11.3. The summed E-state index contributed by atoms with van der Waals surface area (Å²) in [4.78, 5) is 11.3. The summed E-state index contributed by atoms with van der Waals surface area (Å²) in [6.45, 7) is 8.68. The number of hydrogen-bond donors (Lipinski definition) is 3. The molecule has 0 aromatic rings. The number of carbonyl (C=O) groups is 1. The van der Waals surface area contributed by atoms with Crippen LogP contribution in [0.5, 0.6) is 0 Å². The lowest BCUT2D eigenvalue weighted by Gasteiger charge is -2.24. The van der Waals surface area contributed by atoms with E-state index in [2.05, 4.69) is 36.7 Å². The molecule has 2 amide bonds. The molecule has 4 nitrogen and oxygen atoms in total. The van der Waals surface area contributed by atoms with Gasteiger partial charge in [-0.25, -0.2) is 4.79 Å². The minimum atomic E-state index is -0.0624. The van der Waals surface area contributed by atoms with Crippen LogP contribution in [0.1, 0.15) is 33.6 Å². The van der Waals surface area contributed by atoms with Crippen LogP contribution in [0.3, 0.4) is 0 Å². The maximum Gasteiger partial charge on any atom is 0.314 e. The van der Waals surface area contributed by atoms with Crippen LogP contribution in [0, 0.1) is 5.41 Å². The van der Waals surface area contributed by atoms with E-state index in [0.717, 1.165) is 25.9 Å². The molecule has 0 radical (unpaired) electrons. The predicted molar refractivity (Wildman–Crippen MR) is 64.0 cm³/mol. The molecule has 90 valence electrons. The Bertz CT molecular complexity index is 181. The van der Waals surface area contributed by atoms with Gasteiger partial charge < -0.3 is 16.0 Å². The molecule has 0 bridgehead atoms. The van der Waals surface area contributed by atoms with Crippen LogP contribution < -0.4 is 16.0 Å². The molecule has 0 aromatic heterocycles. The summed E-state index contributed by atoms with van der Waals surface area (Å²) < 4.78 is 0. The summed E-state index contributed by atoms with van der Waals surface area (Å²) in [5, 5.41) is 8.82. The summed E-state index contributed by atoms with van der Waals surface area (Å²) in [7, 11) is 1.92. The first-order chi connectivity index (χ1) is 7.02. The molecular formula is C11H25N3O. The zero-order chi connectivity index (χ0) is 11.7. The lowest BCUT2D eigenvalue weighted by atomic mass is 9.94. The Labute approximate surface area is 93.2 Å². The topological polar surface area (TPSA) is 53.2 Å². The van der Waals surface area contributed by atoms with Crippen molar-refractivity contribution in [2.45, 2.75) is 33.6 Å². The summed E-state index contributed by atoms with van der Waals surface area (Å²) in [5.41, 5.74) is 0.0941. The molecule has 0 aromatic carbocycles. The zero-order valence-electron chi connectivity index (χ0n) is 10.4. The molecule has 0 aliphatic rings. The molecule has 0 spiro atoms. The van der Waals surface area contributed by atoms with Gasteiger partial charge >= 0.3 is 6.03 Å². The third-order valence-electron chi connectivity index (χ3n) is 2.20. The maximum absolute atomic E-state index is 11.3. The van der Waals surface area contributed by atoms with Crippen molar-refractivity contribution in [1.29, 1.82) is 0 Å². The fraction of sp³-hybridized carbons (Fsp3) is 0.909. The number of carbonyl (C=O) groups excluding carboxylic acids is 1. The molecule has 0 heterocycles. The lowest BCUT2D eigenvalue weighted by molar-refractivity contribution is 0.233. The SMILES string of the molecule is CCCCNC(=O)NCC(C)(C)CNC. The van der Waals surface area contributed by atoms with E-state index in [1.54, 1.807) is 0 Å². The van der Waals surface area contributed by atoms with E-state index >= 15 is 0 Å². The second-order valence-electron chi connectivity index (χ2n) is 4.66. The molecule has 3 N–H and O–H groups in total. The number of nitrogens with one attached hydrogen (secondary N) is 3. The molecule has 4 heteroatoms. The first-order valence-corrected chi connectivity index (χ1v) is 5.68.